The molecule has 0 radical (unpaired) electrons. The lowest BCUT2D eigenvalue weighted by atomic mass is 9.95. The van der Waals surface area contributed by atoms with Gasteiger partial charge in [0.25, 0.3) is 0 Å². The molecule has 120 valence electrons. The molecule has 1 saturated heterocycles. The molecule has 5 nitrogen and oxygen atoms in total. The quantitative estimate of drug-likeness (QED) is 0.922. The van der Waals surface area contributed by atoms with Crippen molar-refractivity contribution in [1.29, 1.82) is 0 Å². The summed E-state index contributed by atoms with van der Waals surface area (Å²) in [4.78, 5) is 7.10. The van der Waals surface area contributed by atoms with Crippen molar-refractivity contribution in [2.75, 3.05) is 32.0 Å². The lowest BCUT2D eigenvalue weighted by Gasteiger charge is -2.29. The molecule has 3 heterocycles. The van der Waals surface area contributed by atoms with E-state index in [1.807, 2.05) is 16.8 Å². The first-order chi connectivity index (χ1) is 10.6. The number of likely N-dealkylation sites (tertiary alicyclic amines) is 1. The minimum Gasteiger partial charge on any atom is -0.370 e. The Labute approximate surface area is 132 Å². The lowest BCUT2D eigenvalue weighted by molar-refractivity contribution is 0.205. The maximum Gasteiger partial charge on any atom is 0.157 e. The fourth-order valence-electron chi connectivity index (χ4n) is 3.27. The van der Waals surface area contributed by atoms with Crippen LogP contribution in [0.25, 0.3) is 5.65 Å². The molecule has 22 heavy (non-hydrogen) atoms. The molecule has 2 aromatic rings. The van der Waals surface area contributed by atoms with Crippen molar-refractivity contribution in [2.45, 2.75) is 39.0 Å². The summed E-state index contributed by atoms with van der Waals surface area (Å²) in [6, 6.07) is 4.10. The van der Waals surface area contributed by atoms with Crippen LogP contribution in [0.5, 0.6) is 0 Å². The Morgan fingerprint density at radius 3 is 3.05 bits per heavy atom. The van der Waals surface area contributed by atoms with Crippen LogP contribution in [0.1, 0.15) is 44.7 Å². The molecular weight excluding hydrogens is 274 g/mol. The maximum absolute atomic E-state index is 4.66. The molecule has 3 rings (SSSR count). The van der Waals surface area contributed by atoms with Gasteiger partial charge in [0.2, 0.25) is 0 Å². The van der Waals surface area contributed by atoms with Crippen LogP contribution in [0.2, 0.25) is 0 Å². The summed E-state index contributed by atoms with van der Waals surface area (Å²) < 4.78 is 1.90. The van der Waals surface area contributed by atoms with Gasteiger partial charge in [-0.25, -0.2) is 4.98 Å². The summed E-state index contributed by atoms with van der Waals surface area (Å²) in [5.41, 5.74) is 2.04. The molecule has 0 aliphatic carbocycles. The number of hydrogen-bond acceptors (Lipinski definition) is 4. The van der Waals surface area contributed by atoms with Gasteiger partial charge in [-0.2, -0.15) is 9.61 Å². The van der Waals surface area contributed by atoms with Crippen molar-refractivity contribution in [3.05, 3.63) is 24.0 Å². The second-order valence-electron chi connectivity index (χ2n) is 6.81. The molecule has 1 atom stereocenters. The average molecular weight is 301 g/mol. The van der Waals surface area contributed by atoms with Crippen LogP contribution >= 0.6 is 0 Å². The predicted octanol–water partition coefficient (Wildman–Crippen LogP) is 3.00. The third kappa shape index (κ3) is 3.40. The highest BCUT2D eigenvalue weighted by atomic mass is 15.3. The zero-order valence-corrected chi connectivity index (χ0v) is 13.9. The Hall–Kier alpha value is -1.62. The summed E-state index contributed by atoms with van der Waals surface area (Å²) >= 11 is 0. The molecule has 1 N–H and O–H groups in total. The molecular formula is C17H27N5. The smallest absolute Gasteiger partial charge is 0.157 e. The van der Waals surface area contributed by atoms with Crippen LogP contribution in [0.4, 0.5) is 5.82 Å². The van der Waals surface area contributed by atoms with E-state index in [1.54, 1.807) is 0 Å². The highest BCUT2D eigenvalue weighted by molar-refractivity contribution is 5.49. The number of rotatable bonds is 5. The number of nitrogens with zero attached hydrogens (tertiary/aromatic N) is 4. The molecule has 1 aliphatic rings. The molecule has 5 heteroatoms. The first-order valence-electron chi connectivity index (χ1n) is 8.40. The maximum atomic E-state index is 4.66. The topological polar surface area (TPSA) is 45.5 Å². The fraction of sp³-hybridized carbons (Fsp3) is 0.647. The number of fused-ring (bicyclic) bond motifs is 1. The fourth-order valence-corrected chi connectivity index (χ4v) is 3.27. The SMILES string of the molecule is CC(C)c1cc(NCC[C@H]2CCCN(C)C2)n2nccc2n1. The van der Waals surface area contributed by atoms with Gasteiger partial charge in [0.05, 0.1) is 6.20 Å². The van der Waals surface area contributed by atoms with E-state index < -0.39 is 0 Å². The number of aromatic nitrogens is 3. The lowest BCUT2D eigenvalue weighted by Crippen LogP contribution is -2.32. The second-order valence-corrected chi connectivity index (χ2v) is 6.81. The Morgan fingerprint density at radius 2 is 2.27 bits per heavy atom. The third-order valence-corrected chi connectivity index (χ3v) is 4.55. The molecule has 0 amide bonds. The Balaban J connectivity index is 1.66. The summed E-state index contributed by atoms with van der Waals surface area (Å²) in [7, 11) is 2.23. The molecule has 0 unspecified atom stereocenters. The van der Waals surface area contributed by atoms with Gasteiger partial charge in [0.15, 0.2) is 5.65 Å². The predicted molar refractivity (Wildman–Crippen MR) is 90.4 cm³/mol. The van der Waals surface area contributed by atoms with E-state index in [0.29, 0.717) is 5.92 Å². The molecule has 0 aromatic carbocycles. The van der Waals surface area contributed by atoms with Gasteiger partial charge in [-0.3, -0.25) is 0 Å². The van der Waals surface area contributed by atoms with E-state index >= 15 is 0 Å². The number of nitrogens with one attached hydrogen (secondary N) is 1. The van der Waals surface area contributed by atoms with Crippen LogP contribution in [-0.4, -0.2) is 46.2 Å². The first-order valence-corrected chi connectivity index (χ1v) is 8.40. The van der Waals surface area contributed by atoms with Gasteiger partial charge in [-0.1, -0.05) is 13.8 Å². The minimum atomic E-state index is 0.424. The van der Waals surface area contributed by atoms with Crippen LogP contribution in [0, 0.1) is 5.92 Å². The number of anilines is 1. The monoisotopic (exact) mass is 301 g/mol. The van der Waals surface area contributed by atoms with Crippen molar-refractivity contribution in [2.24, 2.45) is 5.92 Å². The molecule has 1 aliphatic heterocycles. The van der Waals surface area contributed by atoms with Gasteiger partial charge >= 0.3 is 0 Å². The van der Waals surface area contributed by atoms with Crippen LogP contribution < -0.4 is 5.32 Å². The Bertz CT molecular complexity index is 619. The molecule has 0 spiro atoms. The van der Waals surface area contributed by atoms with Gasteiger partial charge in [0.1, 0.15) is 5.82 Å². The number of hydrogen-bond donors (Lipinski definition) is 1. The van der Waals surface area contributed by atoms with Crippen molar-refractivity contribution >= 4 is 11.5 Å². The van der Waals surface area contributed by atoms with E-state index in [0.717, 1.165) is 29.6 Å². The normalized spacial score (nSPS) is 19.9. The van der Waals surface area contributed by atoms with Crippen molar-refractivity contribution in [1.82, 2.24) is 19.5 Å². The largest absolute Gasteiger partial charge is 0.370 e. The van der Waals surface area contributed by atoms with E-state index in [2.05, 4.69) is 47.3 Å². The standard InChI is InChI=1S/C17H27N5/c1-13(2)15-11-17(22-16(20-15)7-9-19-22)18-8-6-14-5-4-10-21(3)12-14/h7,9,11,13-14,18H,4-6,8,10,12H2,1-3H3/t14-/m1/s1. The van der Waals surface area contributed by atoms with Crippen molar-refractivity contribution in [3.8, 4) is 0 Å². The Kier molecular flexibility index (Phi) is 4.62. The molecule has 2 aromatic heterocycles. The van der Waals surface area contributed by atoms with Crippen molar-refractivity contribution in [3.63, 3.8) is 0 Å². The second kappa shape index (κ2) is 6.65. The molecule has 1 fully saturated rings. The van der Waals surface area contributed by atoms with E-state index in [9.17, 15) is 0 Å². The number of piperidine rings is 1. The van der Waals surface area contributed by atoms with Crippen LogP contribution in [-0.2, 0) is 0 Å². The van der Waals surface area contributed by atoms with Crippen LogP contribution in [0.3, 0.4) is 0 Å². The summed E-state index contributed by atoms with van der Waals surface area (Å²) in [5, 5.41) is 7.95. The average Bonchev–Trinajstić information content (AvgIpc) is 2.95. The zero-order valence-electron chi connectivity index (χ0n) is 13.9. The van der Waals surface area contributed by atoms with E-state index in [4.69, 9.17) is 0 Å². The van der Waals surface area contributed by atoms with Gasteiger partial charge < -0.3 is 10.2 Å². The van der Waals surface area contributed by atoms with Crippen LogP contribution in [0.15, 0.2) is 18.3 Å². The van der Waals surface area contributed by atoms with Crippen molar-refractivity contribution < 1.29 is 0 Å². The van der Waals surface area contributed by atoms with E-state index in [-0.39, 0.29) is 0 Å². The highest BCUT2D eigenvalue weighted by Crippen LogP contribution is 2.21. The first kappa shape index (κ1) is 15.3. The zero-order chi connectivity index (χ0) is 15.5. The summed E-state index contributed by atoms with van der Waals surface area (Å²) in [6.07, 6.45) is 5.72. The van der Waals surface area contributed by atoms with Gasteiger partial charge in [0, 0.05) is 30.9 Å². The third-order valence-electron chi connectivity index (χ3n) is 4.55. The summed E-state index contributed by atoms with van der Waals surface area (Å²) in [5.74, 6) is 2.29. The molecule has 0 saturated carbocycles. The van der Waals surface area contributed by atoms with Gasteiger partial charge in [-0.15, -0.1) is 0 Å². The Morgan fingerprint density at radius 1 is 1.41 bits per heavy atom. The summed E-state index contributed by atoms with van der Waals surface area (Å²) in [6.45, 7) is 7.83. The van der Waals surface area contributed by atoms with Gasteiger partial charge in [-0.05, 0) is 44.7 Å². The highest BCUT2D eigenvalue weighted by Gasteiger charge is 2.17. The minimum absolute atomic E-state index is 0.424. The van der Waals surface area contributed by atoms with E-state index in [1.165, 1.54) is 32.4 Å². The molecule has 0 bridgehead atoms.